The number of fused-ring (bicyclic) bond motifs is 8. The van der Waals surface area contributed by atoms with Crippen molar-refractivity contribution >= 4 is 51.8 Å². The molecule has 3 aliphatic rings. The number of nitrogens with zero attached hydrogens (tertiary/aromatic N) is 6. The second kappa shape index (κ2) is 14.8. The van der Waals surface area contributed by atoms with Crippen molar-refractivity contribution in [2.45, 2.75) is 78.4 Å². The Hall–Kier alpha value is -8.10. The number of hydrogen-bond acceptors (Lipinski definition) is 17. The van der Waals surface area contributed by atoms with Crippen molar-refractivity contribution in [3.8, 4) is 28.3 Å². The zero-order chi connectivity index (χ0) is 45.4. The van der Waals surface area contributed by atoms with Gasteiger partial charge in [0.1, 0.15) is 23.7 Å². The third kappa shape index (κ3) is 7.01. The summed E-state index contributed by atoms with van der Waals surface area (Å²) < 4.78 is 23.4. The van der Waals surface area contributed by atoms with Crippen molar-refractivity contribution in [2.24, 2.45) is 5.16 Å². The Bertz CT molecular complexity index is 3020. The minimum absolute atomic E-state index is 0.0266. The Morgan fingerprint density at radius 2 is 1.63 bits per heavy atom. The highest BCUT2D eigenvalue weighted by Crippen LogP contribution is 2.48. The fourth-order valence-electron chi connectivity index (χ4n) is 7.93. The highest BCUT2D eigenvalue weighted by atomic mass is 16.7. The van der Waals surface area contributed by atoms with E-state index < -0.39 is 79.4 Å². The van der Waals surface area contributed by atoms with Crippen LogP contribution in [0.4, 0.5) is 21.9 Å². The third-order valence-electron chi connectivity index (χ3n) is 10.7. The molecule has 322 valence electrons. The van der Waals surface area contributed by atoms with E-state index in [1.165, 1.54) is 37.5 Å². The first-order chi connectivity index (χ1) is 29.7. The smallest absolute Gasteiger partial charge is 0.457 e. The van der Waals surface area contributed by atoms with E-state index in [-0.39, 0.29) is 63.4 Å². The molecule has 0 radical (unpaired) electrons. The molecule has 0 saturated carbocycles. The van der Waals surface area contributed by atoms with E-state index in [1.807, 2.05) is 0 Å². The molecule has 0 spiro atoms. The Morgan fingerprint density at radius 1 is 0.952 bits per heavy atom. The number of non-ortho nitro benzene ring substituents is 2. The zero-order valence-corrected chi connectivity index (χ0v) is 34.2. The number of carbonyl (C=O) groups is 3. The van der Waals surface area contributed by atoms with Crippen LogP contribution < -0.4 is 10.3 Å². The molecule has 21 nitrogen and oxygen atoms in total. The number of aryl methyl sites for hydroxylation is 1. The molecule has 2 atom stereocenters. The number of aromatic nitrogens is 2. The number of rotatable bonds is 9. The van der Waals surface area contributed by atoms with E-state index in [1.54, 1.807) is 45.0 Å². The number of hydrogen-bond donors (Lipinski definition) is 0. The molecule has 0 bridgehead atoms. The standard InChI is InChI=1S/C42H34N6O15/c1-7-42(61-38(50)20(3)63-44-36-26-13-23(46(53)54)10-19(2)33(26)34-27(36)14-24(47(55)56)15-31(34)48(57)58)29-16-32-35-22(17-45(32)37(49)28(29)18-59-39(42)51)11-21-12-25(8-9-30(21)43-35)60-40(52)62-41(4,5)6/h8-16,20H,7,17-18H2,1-6H3/b44-36-/t20-,42-/m0/s1. The molecule has 0 fully saturated rings. The fraction of sp³-hybridized carbons (Fsp3) is 0.286. The van der Waals surface area contributed by atoms with Crippen molar-refractivity contribution in [3.05, 3.63) is 129 Å². The summed E-state index contributed by atoms with van der Waals surface area (Å²) in [5.74, 6) is -1.93. The minimum Gasteiger partial charge on any atom is -0.457 e. The lowest BCUT2D eigenvalue weighted by atomic mass is 9.85. The molecular formula is C42H34N6O15. The van der Waals surface area contributed by atoms with Gasteiger partial charge in [0.25, 0.3) is 22.6 Å². The molecule has 0 amide bonds. The van der Waals surface area contributed by atoms with Gasteiger partial charge in [0.15, 0.2) is 0 Å². The number of nitro benzene ring substituents is 3. The highest BCUT2D eigenvalue weighted by molar-refractivity contribution is 6.26. The molecule has 0 unspecified atom stereocenters. The second-order valence-corrected chi connectivity index (χ2v) is 15.9. The summed E-state index contributed by atoms with van der Waals surface area (Å²) in [5.41, 5.74) is -3.44. The van der Waals surface area contributed by atoms with Gasteiger partial charge in [-0.1, -0.05) is 12.1 Å². The summed E-state index contributed by atoms with van der Waals surface area (Å²) in [5, 5.41) is 40.5. The summed E-state index contributed by atoms with van der Waals surface area (Å²) in [6.45, 7) is 9.00. The SMILES string of the molecule is CC[C@@]1(OC(=O)[C@H](C)O/N=C2/c3cc([N+](=O)[O-])cc(C)c3-c3c2cc([N+](=O)[O-])cc3[N+](=O)[O-])C(=O)OCc2c1cc1n(c2=O)Cc2cc3cc(OC(=O)OC(C)(C)C)ccc3nc2-1. The van der Waals surface area contributed by atoms with E-state index >= 15 is 0 Å². The number of nitro groups is 3. The van der Waals surface area contributed by atoms with Crippen LogP contribution in [0, 0.1) is 37.3 Å². The average molecular weight is 863 g/mol. The topological polar surface area (TPSA) is 274 Å². The Labute approximate surface area is 354 Å². The van der Waals surface area contributed by atoms with Crippen molar-refractivity contribution in [1.82, 2.24) is 9.55 Å². The highest BCUT2D eigenvalue weighted by Gasteiger charge is 2.51. The lowest BCUT2D eigenvalue weighted by Crippen LogP contribution is -2.48. The molecule has 4 heterocycles. The first kappa shape index (κ1) is 41.6. The van der Waals surface area contributed by atoms with Crippen LogP contribution in [-0.2, 0) is 47.4 Å². The predicted molar refractivity (Wildman–Crippen MR) is 218 cm³/mol. The van der Waals surface area contributed by atoms with Gasteiger partial charge < -0.3 is 28.4 Å². The van der Waals surface area contributed by atoms with Gasteiger partial charge in [0.05, 0.1) is 55.4 Å². The molecule has 5 aromatic rings. The Kier molecular flexibility index (Phi) is 9.79. The van der Waals surface area contributed by atoms with Crippen molar-refractivity contribution in [2.75, 3.05) is 0 Å². The summed E-state index contributed by atoms with van der Waals surface area (Å²) in [7, 11) is 0. The predicted octanol–water partition coefficient (Wildman–Crippen LogP) is 6.82. The number of esters is 2. The van der Waals surface area contributed by atoms with Gasteiger partial charge in [-0.2, -0.15) is 0 Å². The van der Waals surface area contributed by atoms with Crippen LogP contribution in [-0.4, -0.2) is 59.8 Å². The molecule has 21 heteroatoms. The molecule has 0 N–H and O–H groups in total. The summed E-state index contributed by atoms with van der Waals surface area (Å²) >= 11 is 0. The fourth-order valence-corrected chi connectivity index (χ4v) is 7.93. The number of cyclic esters (lactones) is 1. The van der Waals surface area contributed by atoms with Crippen LogP contribution in [0.3, 0.4) is 0 Å². The van der Waals surface area contributed by atoms with Gasteiger partial charge in [-0.15, -0.1) is 0 Å². The van der Waals surface area contributed by atoms with E-state index in [4.69, 9.17) is 28.8 Å². The number of pyridine rings is 2. The van der Waals surface area contributed by atoms with Crippen molar-refractivity contribution < 1.29 is 52.9 Å². The van der Waals surface area contributed by atoms with Crippen LogP contribution in [0.2, 0.25) is 0 Å². The minimum atomic E-state index is -2.16. The maximum atomic E-state index is 14.1. The molecule has 3 aromatic carbocycles. The van der Waals surface area contributed by atoms with Crippen LogP contribution >= 0.6 is 0 Å². The van der Waals surface area contributed by atoms with Gasteiger partial charge in [0.2, 0.25) is 11.7 Å². The van der Waals surface area contributed by atoms with Crippen LogP contribution in [0.25, 0.3) is 33.4 Å². The van der Waals surface area contributed by atoms with E-state index in [9.17, 15) is 49.5 Å². The second-order valence-electron chi connectivity index (χ2n) is 15.9. The average Bonchev–Trinajstić information content (AvgIpc) is 3.73. The normalized spacial score (nSPS) is 16.8. The zero-order valence-electron chi connectivity index (χ0n) is 34.2. The summed E-state index contributed by atoms with van der Waals surface area (Å²) in [6, 6.07) is 12.1. The van der Waals surface area contributed by atoms with E-state index in [0.717, 1.165) is 18.2 Å². The quantitative estimate of drug-likeness (QED) is 0.0473. The maximum Gasteiger partial charge on any atom is 0.514 e. The molecule has 0 saturated heterocycles. The van der Waals surface area contributed by atoms with Crippen LogP contribution in [0.1, 0.15) is 74.4 Å². The Morgan fingerprint density at radius 3 is 2.29 bits per heavy atom. The largest absolute Gasteiger partial charge is 0.514 e. The number of carbonyl (C=O) groups excluding carboxylic acids is 3. The number of ether oxygens (including phenoxy) is 4. The van der Waals surface area contributed by atoms with E-state index in [0.29, 0.717) is 27.9 Å². The van der Waals surface area contributed by atoms with E-state index in [2.05, 4.69) is 5.16 Å². The van der Waals surface area contributed by atoms with Gasteiger partial charge >= 0.3 is 18.1 Å². The van der Waals surface area contributed by atoms with Crippen molar-refractivity contribution in [1.29, 1.82) is 0 Å². The van der Waals surface area contributed by atoms with Gasteiger partial charge in [-0.3, -0.25) is 35.1 Å². The lowest BCUT2D eigenvalue weighted by molar-refractivity contribution is -0.393. The van der Waals surface area contributed by atoms with Crippen LogP contribution in [0.15, 0.2) is 64.5 Å². The maximum absolute atomic E-state index is 14.1. The molecular weight excluding hydrogens is 828 g/mol. The summed E-state index contributed by atoms with van der Waals surface area (Å²) in [4.78, 5) is 97.9. The molecule has 2 aromatic heterocycles. The first-order valence-corrected chi connectivity index (χ1v) is 19.2. The lowest BCUT2D eigenvalue weighted by Gasteiger charge is -2.36. The van der Waals surface area contributed by atoms with Crippen LogP contribution in [0.5, 0.6) is 5.75 Å². The third-order valence-corrected chi connectivity index (χ3v) is 10.7. The molecule has 8 rings (SSSR count). The van der Waals surface area contributed by atoms with Gasteiger partial charge in [0, 0.05) is 51.4 Å². The van der Waals surface area contributed by atoms with Gasteiger partial charge in [-0.05, 0) is 76.9 Å². The molecule has 63 heavy (non-hydrogen) atoms. The van der Waals surface area contributed by atoms with Gasteiger partial charge in [-0.25, -0.2) is 19.4 Å². The summed E-state index contributed by atoms with van der Waals surface area (Å²) in [6.07, 6.45) is -2.74. The molecule has 1 aliphatic carbocycles. The monoisotopic (exact) mass is 862 g/mol. The number of benzene rings is 3. The molecule has 2 aliphatic heterocycles. The number of oxime groups is 1. The first-order valence-electron chi connectivity index (χ1n) is 19.2. The van der Waals surface area contributed by atoms with Crippen molar-refractivity contribution in [3.63, 3.8) is 0 Å². The Balaban J connectivity index is 1.13.